The molecule has 4 heteroatoms. The van der Waals surface area contributed by atoms with Gasteiger partial charge in [0.1, 0.15) is 12.5 Å². The Balaban J connectivity index is 2.33. The van der Waals surface area contributed by atoms with Gasteiger partial charge in [-0.25, -0.2) is 0 Å². The fraction of sp³-hybridized carbons (Fsp3) is 0.857. The van der Waals surface area contributed by atoms with Crippen LogP contribution in [0.3, 0.4) is 0 Å². The van der Waals surface area contributed by atoms with Gasteiger partial charge in [0.2, 0.25) is 0 Å². The summed E-state index contributed by atoms with van der Waals surface area (Å²) in [4.78, 5) is 0. The summed E-state index contributed by atoms with van der Waals surface area (Å²) in [6.07, 6.45) is 4.02. The number of hydrogen-bond acceptors (Lipinski definition) is 3. The predicted octanol–water partition coefficient (Wildman–Crippen LogP) is 1.58. The molecular formula is C7H14FN3. The molecular weight excluding hydrogens is 145 g/mol. The lowest BCUT2D eigenvalue weighted by atomic mass is 10.2. The van der Waals surface area contributed by atoms with Gasteiger partial charge < -0.3 is 0 Å². The summed E-state index contributed by atoms with van der Waals surface area (Å²) in [5.74, 6) is 0. The second kappa shape index (κ2) is 3.55. The summed E-state index contributed by atoms with van der Waals surface area (Å²) in [7, 11) is 1.79. The standard InChI is InChI=1S/C7H14FN3/c1-3-4-5-7-10(2)9-6-11(7)8/h6-7H,3-5H2,1-2H3. The summed E-state index contributed by atoms with van der Waals surface area (Å²) >= 11 is 0. The third-order valence-electron chi connectivity index (χ3n) is 1.88. The van der Waals surface area contributed by atoms with Crippen molar-refractivity contribution < 1.29 is 4.48 Å². The third kappa shape index (κ3) is 1.82. The van der Waals surface area contributed by atoms with Crippen molar-refractivity contribution in [2.45, 2.75) is 32.4 Å². The van der Waals surface area contributed by atoms with E-state index < -0.39 is 0 Å². The third-order valence-corrected chi connectivity index (χ3v) is 1.88. The highest BCUT2D eigenvalue weighted by molar-refractivity contribution is 5.55. The normalized spacial score (nSPS) is 23.4. The van der Waals surface area contributed by atoms with E-state index in [1.54, 1.807) is 12.1 Å². The smallest absolute Gasteiger partial charge is 0.149 e. The first-order chi connectivity index (χ1) is 5.25. The van der Waals surface area contributed by atoms with Crippen LogP contribution in [0.1, 0.15) is 26.2 Å². The van der Waals surface area contributed by atoms with Gasteiger partial charge in [-0.2, -0.15) is 10.2 Å². The Morgan fingerprint density at radius 1 is 1.64 bits per heavy atom. The van der Waals surface area contributed by atoms with Gasteiger partial charge in [-0.3, -0.25) is 5.01 Å². The molecule has 1 aliphatic rings. The fourth-order valence-electron chi connectivity index (χ4n) is 1.14. The Labute approximate surface area is 66.4 Å². The Hall–Kier alpha value is -0.800. The van der Waals surface area contributed by atoms with E-state index in [1.807, 2.05) is 0 Å². The zero-order chi connectivity index (χ0) is 8.27. The lowest BCUT2D eigenvalue weighted by molar-refractivity contribution is 0.0106. The van der Waals surface area contributed by atoms with Crippen molar-refractivity contribution in [3.8, 4) is 0 Å². The molecule has 1 heterocycles. The Morgan fingerprint density at radius 3 is 2.82 bits per heavy atom. The maximum absolute atomic E-state index is 12.8. The van der Waals surface area contributed by atoms with Gasteiger partial charge in [-0.15, -0.1) is 0 Å². The molecule has 11 heavy (non-hydrogen) atoms. The van der Waals surface area contributed by atoms with Gasteiger partial charge in [0.25, 0.3) is 0 Å². The first kappa shape index (κ1) is 8.30. The van der Waals surface area contributed by atoms with Gasteiger partial charge in [-0.1, -0.05) is 17.8 Å². The number of rotatable bonds is 3. The van der Waals surface area contributed by atoms with Crippen molar-refractivity contribution in [3.63, 3.8) is 0 Å². The number of hydrogen-bond donors (Lipinski definition) is 0. The van der Waals surface area contributed by atoms with Gasteiger partial charge in [0, 0.05) is 7.05 Å². The van der Waals surface area contributed by atoms with Crippen LogP contribution in [0, 0.1) is 0 Å². The molecule has 1 aliphatic heterocycles. The molecule has 0 radical (unpaired) electrons. The average molecular weight is 159 g/mol. The molecule has 0 aromatic rings. The second-order valence-corrected chi connectivity index (χ2v) is 2.77. The van der Waals surface area contributed by atoms with E-state index in [0.717, 1.165) is 19.3 Å². The second-order valence-electron chi connectivity index (χ2n) is 2.77. The Morgan fingerprint density at radius 2 is 2.36 bits per heavy atom. The minimum Gasteiger partial charge on any atom is -0.273 e. The van der Waals surface area contributed by atoms with Gasteiger partial charge in [0.15, 0.2) is 0 Å². The number of nitrogens with zero attached hydrogens (tertiary/aromatic N) is 3. The molecule has 3 nitrogen and oxygen atoms in total. The van der Waals surface area contributed by atoms with E-state index in [4.69, 9.17) is 0 Å². The molecule has 1 unspecified atom stereocenters. The molecule has 0 bridgehead atoms. The molecule has 0 aromatic carbocycles. The molecule has 0 saturated carbocycles. The number of hydrazone groups is 1. The predicted molar refractivity (Wildman–Crippen MR) is 42.5 cm³/mol. The van der Waals surface area contributed by atoms with Crippen LogP contribution in [-0.2, 0) is 0 Å². The maximum atomic E-state index is 12.8. The lowest BCUT2D eigenvalue weighted by Crippen LogP contribution is -2.32. The highest BCUT2D eigenvalue weighted by atomic mass is 19.2. The quantitative estimate of drug-likeness (QED) is 0.582. The van der Waals surface area contributed by atoms with E-state index in [1.165, 1.54) is 6.34 Å². The van der Waals surface area contributed by atoms with E-state index in [2.05, 4.69) is 12.0 Å². The fourth-order valence-corrected chi connectivity index (χ4v) is 1.14. The van der Waals surface area contributed by atoms with Crippen LogP contribution < -0.4 is 0 Å². The van der Waals surface area contributed by atoms with Gasteiger partial charge in [-0.05, 0) is 12.8 Å². The molecule has 0 amide bonds. The van der Waals surface area contributed by atoms with E-state index in [0.29, 0.717) is 5.12 Å². The van der Waals surface area contributed by atoms with Crippen LogP contribution in [-0.4, -0.2) is 29.7 Å². The van der Waals surface area contributed by atoms with Gasteiger partial charge >= 0.3 is 0 Å². The molecule has 0 spiro atoms. The van der Waals surface area contributed by atoms with E-state index in [-0.39, 0.29) is 6.17 Å². The highest BCUT2D eigenvalue weighted by Gasteiger charge is 2.23. The van der Waals surface area contributed by atoms with Crippen molar-refractivity contribution in [1.82, 2.24) is 10.1 Å². The van der Waals surface area contributed by atoms with Gasteiger partial charge in [0.05, 0.1) is 0 Å². The van der Waals surface area contributed by atoms with Crippen LogP contribution in [0.25, 0.3) is 0 Å². The first-order valence-corrected chi connectivity index (χ1v) is 3.96. The zero-order valence-corrected chi connectivity index (χ0v) is 7.00. The largest absolute Gasteiger partial charge is 0.273 e. The maximum Gasteiger partial charge on any atom is 0.149 e. The van der Waals surface area contributed by atoms with Crippen LogP contribution in [0.5, 0.6) is 0 Å². The monoisotopic (exact) mass is 159 g/mol. The van der Waals surface area contributed by atoms with Crippen LogP contribution in [0.4, 0.5) is 4.48 Å². The van der Waals surface area contributed by atoms with Crippen LogP contribution in [0.15, 0.2) is 5.10 Å². The SMILES string of the molecule is CCCCC1N(F)C=NN1C. The molecule has 1 rings (SSSR count). The van der Waals surface area contributed by atoms with Crippen molar-refractivity contribution >= 4 is 6.34 Å². The van der Waals surface area contributed by atoms with E-state index in [9.17, 15) is 4.48 Å². The zero-order valence-electron chi connectivity index (χ0n) is 7.00. The molecule has 0 saturated heterocycles. The Kier molecular flexibility index (Phi) is 2.68. The molecule has 0 aromatic heterocycles. The topological polar surface area (TPSA) is 18.8 Å². The summed E-state index contributed by atoms with van der Waals surface area (Å²) in [5.41, 5.74) is 0. The summed E-state index contributed by atoms with van der Waals surface area (Å²) in [5, 5.41) is 6.12. The van der Waals surface area contributed by atoms with Crippen molar-refractivity contribution in [3.05, 3.63) is 0 Å². The summed E-state index contributed by atoms with van der Waals surface area (Å²) in [6.45, 7) is 2.10. The number of halogens is 1. The minimum atomic E-state index is -0.171. The number of unbranched alkanes of at least 4 members (excludes halogenated alkanes) is 1. The van der Waals surface area contributed by atoms with Crippen molar-refractivity contribution in [2.24, 2.45) is 5.10 Å². The first-order valence-electron chi connectivity index (χ1n) is 3.96. The average Bonchev–Trinajstić information content (AvgIpc) is 2.29. The Bertz CT molecular complexity index is 137. The highest BCUT2D eigenvalue weighted by Crippen LogP contribution is 2.15. The summed E-state index contributed by atoms with van der Waals surface area (Å²) in [6, 6.07) is 0. The molecule has 64 valence electrons. The van der Waals surface area contributed by atoms with Crippen molar-refractivity contribution in [1.29, 1.82) is 0 Å². The molecule has 0 fully saturated rings. The molecule has 0 aliphatic carbocycles. The van der Waals surface area contributed by atoms with Crippen LogP contribution >= 0.6 is 0 Å². The van der Waals surface area contributed by atoms with E-state index >= 15 is 0 Å². The van der Waals surface area contributed by atoms with Crippen molar-refractivity contribution in [2.75, 3.05) is 7.05 Å². The lowest BCUT2D eigenvalue weighted by Gasteiger charge is -2.20. The minimum absolute atomic E-state index is 0.171. The molecule has 0 N–H and O–H groups in total. The summed E-state index contributed by atoms with van der Waals surface area (Å²) < 4.78 is 12.8. The molecule has 1 atom stereocenters. The van der Waals surface area contributed by atoms with Crippen LogP contribution in [0.2, 0.25) is 0 Å².